The third-order valence-corrected chi connectivity index (χ3v) is 5.82. The summed E-state index contributed by atoms with van der Waals surface area (Å²) in [5.74, 6) is -0.320. The number of phosphoric acid groups is 1. The first-order valence-electron chi connectivity index (χ1n) is 7.69. The lowest BCUT2D eigenvalue weighted by Crippen LogP contribution is -2.02. The SMILES string of the molecule is Nc1nnc(-c2csc(C(=O)c3cn(COP(=O)(O)O)c4ccccc34)n2)s1. The highest BCUT2D eigenvalue weighted by Gasteiger charge is 2.22. The van der Waals surface area contributed by atoms with E-state index in [0.717, 1.165) is 11.3 Å². The van der Waals surface area contributed by atoms with E-state index in [-0.39, 0.29) is 10.8 Å². The molecule has 10 nitrogen and oxygen atoms in total. The average molecular weight is 437 g/mol. The van der Waals surface area contributed by atoms with Crippen LogP contribution < -0.4 is 5.73 Å². The van der Waals surface area contributed by atoms with E-state index in [4.69, 9.17) is 15.5 Å². The molecule has 0 aliphatic carbocycles. The standard InChI is InChI=1S/C15H12N5O5PS2/c16-15-19-18-13(28-15)10-6-27-14(17-10)12(21)9-5-20(7-25-26(22,23)24)11-4-2-1-3-8(9)11/h1-6H,7H2,(H2,16,19)(H2,22,23,24). The van der Waals surface area contributed by atoms with Crippen LogP contribution in [0, 0.1) is 0 Å². The van der Waals surface area contributed by atoms with Gasteiger partial charge in [0.25, 0.3) is 0 Å². The molecule has 28 heavy (non-hydrogen) atoms. The van der Waals surface area contributed by atoms with Gasteiger partial charge >= 0.3 is 7.82 Å². The molecule has 0 radical (unpaired) electrons. The number of hydrogen-bond acceptors (Lipinski definition) is 9. The maximum Gasteiger partial charge on any atom is 0.471 e. The summed E-state index contributed by atoms with van der Waals surface area (Å²) < 4.78 is 17.0. The predicted molar refractivity (Wildman–Crippen MR) is 104 cm³/mol. The fourth-order valence-corrected chi connectivity index (χ4v) is 4.28. The van der Waals surface area contributed by atoms with Crippen molar-refractivity contribution in [2.75, 3.05) is 5.73 Å². The Kier molecular flexibility index (Phi) is 4.83. The molecule has 3 aromatic heterocycles. The summed E-state index contributed by atoms with van der Waals surface area (Å²) in [4.78, 5) is 35.2. The van der Waals surface area contributed by atoms with Crippen molar-refractivity contribution in [2.45, 2.75) is 6.73 Å². The maximum absolute atomic E-state index is 13.0. The van der Waals surface area contributed by atoms with Gasteiger partial charge in [-0.3, -0.25) is 9.32 Å². The quantitative estimate of drug-likeness (QED) is 0.305. The summed E-state index contributed by atoms with van der Waals surface area (Å²) in [6.07, 6.45) is 1.49. The van der Waals surface area contributed by atoms with Gasteiger partial charge in [-0.25, -0.2) is 9.55 Å². The highest BCUT2D eigenvalue weighted by molar-refractivity contribution is 7.46. The topological polar surface area (TPSA) is 153 Å². The van der Waals surface area contributed by atoms with Crippen LogP contribution in [0.5, 0.6) is 0 Å². The Bertz CT molecular complexity index is 1230. The highest BCUT2D eigenvalue weighted by atomic mass is 32.1. The number of thiazole rings is 1. The van der Waals surface area contributed by atoms with Gasteiger partial charge in [0, 0.05) is 17.0 Å². The molecule has 0 saturated heterocycles. The van der Waals surface area contributed by atoms with Crippen molar-refractivity contribution >= 4 is 52.3 Å². The second kappa shape index (κ2) is 7.17. The van der Waals surface area contributed by atoms with Crippen LogP contribution in [-0.4, -0.2) is 35.3 Å². The lowest BCUT2D eigenvalue weighted by atomic mass is 10.1. The monoisotopic (exact) mass is 437 g/mol. The van der Waals surface area contributed by atoms with Crippen LogP contribution in [0.3, 0.4) is 0 Å². The van der Waals surface area contributed by atoms with E-state index in [1.807, 2.05) is 0 Å². The van der Waals surface area contributed by atoms with E-state index in [2.05, 4.69) is 19.7 Å². The number of nitrogens with zero attached hydrogens (tertiary/aromatic N) is 4. The van der Waals surface area contributed by atoms with Crippen molar-refractivity contribution in [2.24, 2.45) is 0 Å². The Labute approximate surface area is 165 Å². The van der Waals surface area contributed by atoms with Crippen LogP contribution in [0.15, 0.2) is 35.8 Å². The molecule has 144 valence electrons. The zero-order chi connectivity index (χ0) is 19.9. The van der Waals surface area contributed by atoms with E-state index in [1.54, 1.807) is 29.6 Å². The van der Waals surface area contributed by atoms with Crippen molar-refractivity contribution in [1.29, 1.82) is 0 Å². The van der Waals surface area contributed by atoms with Gasteiger partial charge < -0.3 is 20.1 Å². The largest absolute Gasteiger partial charge is 0.471 e. The number of aromatic nitrogens is 4. The summed E-state index contributed by atoms with van der Waals surface area (Å²) in [6.45, 7) is -0.398. The molecule has 0 amide bonds. The molecular formula is C15H12N5O5PS2. The fourth-order valence-electron chi connectivity index (χ4n) is 2.60. The molecule has 0 unspecified atom stereocenters. The number of nitrogens with two attached hydrogens (primary N) is 1. The number of carbonyl (C=O) groups is 1. The van der Waals surface area contributed by atoms with E-state index in [1.165, 1.54) is 22.1 Å². The Morgan fingerprint density at radius 3 is 2.79 bits per heavy atom. The number of carbonyl (C=O) groups excluding carboxylic acids is 1. The molecule has 0 saturated carbocycles. The van der Waals surface area contributed by atoms with E-state index in [0.29, 0.717) is 32.3 Å². The number of benzene rings is 1. The molecule has 3 heterocycles. The third kappa shape index (κ3) is 3.74. The summed E-state index contributed by atoms with van der Waals surface area (Å²) in [6, 6.07) is 7.00. The smallest absolute Gasteiger partial charge is 0.374 e. The lowest BCUT2D eigenvalue weighted by molar-refractivity contribution is 0.103. The minimum atomic E-state index is -4.65. The number of fused-ring (bicyclic) bond motifs is 1. The fraction of sp³-hybridized carbons (Fsp3) is 0.0667. The Morgan fingerprint density at radius 1 is 1.29 bits per heavy atom. The molecule has 0 aliphatic rings. The number of ketones is 1. The molecular weight excluding hydrogens is 425 g/mol. The number of rotatable bonds is 6. The first-order valence-corrected chi connectivity index (χ1v) is 10.9. The van der Waals surface area contributed by atoms with E-state index >= 15 is 0 Å². The predicted octanol–water partition coefficient (Wildman–Crippen LogP) is 2.50. The van der Waals surface area contributed by atoms with Gasteiger partial charge in [-0.15, -0.1) is 21.5 Å². The zero-order valence-corrected chi connectivity index (χ0v) is 16.4. The number of anilines is 1. The first kappa shape index (κ1) is 18.9. The van der Waals surface area contributed by atoms with Crippen LogP contribution >= 0.6 is 30.5 Å². The van der Waals surface area contributed by atoms with Crippen molar-refractivity contribution < 1.29 is 23.7 Å². The maximum atomic E-state index is 13.0. The van der Waals surface area contributed by atoms with Crippen molar-refractivity contribution in [3.8, 4) is 10.7 Å². The molecule has 1 aromatic carbocycles. The van der Waals surface area contributed by atoms with Gasteiger partial charge in [0.2, 0.25) is 10.9 Å². The number of para-hydroxylation sites is 1. The molecule has 13 heteroatoms. The summed E-state index contributed by atoms with van der Waals surface area (Å²) in [5, 5.41) is 11.1. The molecule has 0 aliphatic heterocycles. The Balaban J connectivity index is 1.70. The van der Waals surface area contributed by atoms with Gasteiger partial charge in [0.05, 0.1) is 11.1 Å². The highest BCUT2D eigenvalue weighted by Crippen LogP contribution is 2.37. The number of nitrogen functional groups attached to an aromatic ring is 1. The Hall–Kier alpha value is -2.47. The van der Waals surface area contributed by atoms with Crippen molar-refractivity contribution in [1.82, 2.24) is 19.7 Å². The number of hydrogen-bond donors (Lipinski definition) is 3. The average Bonchev–Trinajstić information content (AvgIpc) is 3.37. The second-order valence-electron chi connectivity index (χ2n) is 5.59. The molecule has 0 bridgehead atoms. The number of phosphoric ester groups is 1. The van der Waals surface area contributed by atoms with Crippen LogP contribution in [0.25, 0.3) is 21.6 Å². The summed E-state index contributed by atoms with van der Waals surface area (Å²) in [5.41, 5.74) is 7.05. The van der Waals surface area contributed by atoms with Crippen LogP contribution in [-0.2, 0) is 15.8 Å². The minimum Gasteiger partial charge on any atom is -0.374 e. The van der Waals surface area contributed by atoms with Gasteiger partial charge in [-0.1, -0.05) is 29.5 Å². The van der Waals surface area contributed by atoms with E-state index in [9.17, 15) is 9.36 Å². The van der Waals surface area contributed by atoms with Crippen molar-refractivity contribution in [3.05, 3.63) is 46.4 Å². The minimum absolute atomic E-state index is 0.252. The van der Waals surface area contributed by atoms with Crippen LogP contribution in [0.4, 0.5) is 5.13 Å². The van der Waals surface area contributed by atoms with Gasteiger partial charge in [0.1, 0.15) is 12.4 Å². The van der Waals surface area contributed by atoms with Crippen molar-refractivity contribution in [3.63, 3.8) is 0 Å². The van der Waals surface area contributed by atoms with Gasteiger partial charge in [-0.05, 0) is 6.07 Å². The lowest BCUT2D eigenvalue weighted by Gasteiger charge is -2.07. The summed E-state index contributed by atoms with van der Waals surface area (Å²) >= 11 is 2.34. The molecule has 0 fully saturated rings. The normalized spacial score (nSPS) is 11.9. The first-order chi connectivity index (χ1) is 13.3. The zero-order valence-electron chi connectivity index (χ0n) is 13.9. The Morgan fingerprint density at radius 2 is 2.07 bits per heavy atom. The third-order valence-electron chi connectivity index (χ3n) is 3.76. The van der Waals surface area contributed by atoms with Crippen LogP contribution in [0.1, 0.15) is 15.4 Å². The molecule has 0 atom stereocenters. The van der Waals surface area contributed by atoms with E-state index < -0.39 is 14.6 Å². The van der Waals surface area contributed by atoms with Gasteiger partial charge in [-0.2, -0.15) is 0 Å². The molecule has 4 aromatic rings. The second-order valence-corrected chi connectivity index (χ2v) is 8.70. The molecule has 0 spiro atoms. The van der Waals surface area contributed by atoms with Gasteiger partial charge in [0.15, 0.2) is 10.0 Å². The molecule has 4 N–H and O–H groups in total. The molecule has 4 rings (SSSR count). The summed E-state index contributed by atoms with van der Waals surface area (Å²) in [7, 11) is -4.65. The van der Waals surface area contributed by atoms with Crippen LogP contribution in [0.2, 0.25) is 0 Å².